The van der Waals surface area contributed by atoms with Gasteiger partial charge >= 0.3 is 0 Å². The second-order valence-corrected chi connectivity index (χ2v) is 11.8. The highest BCUT2D eigenvalue weighted by molar-refractivity contribution is 7.92. The van der Waals surface area contributed by atoms with Crippen molar-refractivity contribution in [2.75, 3.05) is 5.32 Å². The minimum absolute atomic E-state index is 0.262. The van der Waals surface area contributed by atoms with Gasteiger partial charge in [-0.05, 0) is 35.4 Å². The number of rotatable bonds is 1. The van der Waals surface area contributed by atoms with E-state index in [0.717, 1.165) is 0 Å². The van der Waals surface area contributed by atoms with Gasteiger partial charge in [-0.2, -0.15) is 0 Å². The van der Waals surface area contributed by atoms with Gasteiger partial charge in [0.1, 0.15) is 5.25 Å². The van der Waals surface area contributed by atoms with Crippen molar-refractivity contribution in [2.24, 2.45) is 0 Å². The molecule has 7 heteroatoms. The van der Waals surface area contributed by atoms with Crippen LogP contribution in [0, 0.1) is 0 Å². The van der Waals surface area contributed by atoms with Crippen molar-refractivity contribution in [3.63, 3.8) is 0 Å². The molecular formula is C24H17NO4S2. The summed E-state index contributed by atoms with van der Waals surface area (Å²) in [6, 6.07) is 18.8. The predicted octanol–water partition coefficient (Wildman–Crippen LogP) is 4.09. The van der Waals surface area contributed by atoms with Gasteiger partial charge in [0, 0.05) is 11.1 Å². The van der Waals surface area contributed by atoms with E-state index in [1.54, 1.807) is 60.7 Å². The summed E-state index contributed by atoms with van der Waals surface area (Å²) >= 11 is 0. The van der Waals surface area contributed by atoms with Gasteiger partial charge < -0.3 is 5.32 Å². The van der Waals surface area contributed by atoms with Crippen LogP contribution >= 0.6 is 0 Å². The highest BCUT2D eigenvalue weighted by atomic mass is 32.2. The van der Waals surface area contributed by atoms with Crippen LogP contribution in [0.3, 0.4) is 0 Å². The molecule has 2 heterocycles. The largest absolute Gasteiger partial charge is 0.376 e. The summed E-state index contributed by atoms with van der Waals surface area (Å²) in [7, 11) is -7.16. The van der Waals surface area contributed by atoms with E-state index in [4.69, 9.17) is 0 Å². The Morgan fingerprint density at radius 1 is 0.742 bits per heavy atom. The highest BCUT2D eigenvalue weighted by Crippen LogP contribution is 2.44. The lowest BCUT2D eigenvalue weighted by molar-refractivity contribution is 0.580. The van der Waals surface area contributed by atoms with Crippen LogP contribution < -0.4 is 5.32 Å². The molecule has 0 aromatic heterocycles. The Kier molecular flexibility index (Phi) is 3.71. The first kappa shape index (κ1) is 18.6. The van der Waals surface area contributed by atoms with Crippen LogP contribution in [0.4, 0.5) is 5.69 Å². The number of fused-ring (bicyclic) bond motifs is 5. The third-order valence-corrected chi connectivity index (χ3v) is 10.1. The molecule has 2 atom stereocenters. The first-order valence-corrected chi connectivity index (χ1v) is 12.9. The molecule has 2 aliphatic heterocycles. The van der Waals surface area contributed by atoms with Gasteiger partial charge in [-0.15, -0.1) is 0 Å². The van der Waals surface area contributed by atoms with Gasteiger partial charge in [0.25, 0.3) is 0 Å². The molecule has 0 radical (unpaired) electrons. The van der Waals surface area contributed by atoms with Crippen LogP contribution in [0.15, 0.2) is 99.6 Å². The molecule has 0 amide bonds. The summed E-state index contributed by atoms with van der Waals surface area (Å²) in [5, 5.41) is 2.53. The number of nitrogens with one attached hydrogen (secondary N) is 1. The maximum Gasteiger partial charge on any atom is 0.207 e. The molecule has 1 aliphatic carbocycles. The average molecular weight is 448 g/mol. The van der Waals surface area contributed by atoms with Gasteiger partial charge in [-0.1, -0.05) is 60.7 Å². The first-order chi connectivity index (χ1) is 14.9. The van der Waals surface area contributed by atoms with Crippen molar-refractivity contribution in [3.05, 3.63) is 90.5 Å². The third-order valence-electron chi connectivity index (χ3n) is 6.13. The maximum absolute atomic E-state index is 13.2. The molecule has 6 rings (SSSR count). The molecule has 31 heavy (non-hydrogen) atoms. The first-order valence-electron chi connectivity index (χ1n) is 9.86. The number of anilines is 1. The fourth-order valence-electron chi connectivity index (χ4n) is 4.61. The van der Waals surface area contributed by atoms with Gasteiger partial charge in [0.15, 0.2) is 9.84 Å². The maximum atomic E-state index is 13.2. The van der Waals surface area contributed by atoms with E-state index in [9.17, 15) is 16.8 Å². The zero-order chi connectivity index (χ0) is 21.4. The molecule has 3 aromatic rings. The van der Waals surface area contributed by atoms with Crippen molar-refractivity contribution in [1.82, 2.24) is 0 Å². The van der Waals surface area contributed by atoms with Crippen molar-refractivity contribution >= 4 is 30.9 Å². The van der Waals surface area contributed by atoms with Gasteiger partial charge in [-0.3, -0.25) is 0 Å². The number of hydrogen-bond donors (Lipinski definition) is 1. The standard InChI is InChI=1S/C24H17NO4S2/c26-30(27)21-7-3-1-5-17(21)18-11-9-15(13-23(18)30)16-10-12-20-24(14-16)31(28,29)22-8-4-2-6-19(22)25-20/h1-14,20,24-25H. The molecule has 0 fully saturated rings. The van der Waals surface area contributed by atoms with Crippen LogP contribution in [0.1, 0.15) is 5.56 Å². The molecule has 0 bridgehead atoms. The molecule has 0 spiro atoms. The van der Waals surface area contributed by atoms with E-state index < -0.39 is 24.9 Å². The Morgan fingerprint density at radius 2 is 1.45 bits per heavy atom. The normalized spacial score (nSPS) is 23.5. The van der Waals surface area contributed by atoms with E-state index in [-0.39, 0.29) is 15.8 Å². The quantitative estimate of drug-likeness (QED) is 0.475. The number of sulfone groups is 2. The summed E-state index contributed by atoms with van der Waals surface area (Å²) in [4.78, 5) is 0.859. The zero-order valence-electron chi connectivity index (χ0n) is 16.2. The van der Waals surface area contributed by atoms with E-state index >= 15 is 0 Å². The van der Waals surface area contributed by atoms with Crippen LogP contribution in [-0.2, 0) is 19.7 Å². The minimum atomic E-state index is -3.59. The molecule has 0 saturated heterocycles. The Morgan fingerprint density at radius 3 is 2.29 bits per heavy atom. The summed E-state index contributed by atoms with van der Waals surface area (Å²) in [5.41, 5.74) is 3.36. The fourth-order valence-corrected chi connectivity index (χ4v) is 8.18. The molecule has 3 aromatic carbocycles. The van der Waals surface area contributed by atoms with E-state index in [1.807, 2.05) is 24.3 Å². The Hall–Kier alpha value is -3.16. The molecular weight excluding hydrogens is 430 g/mol. The van der Waals surface area contributed by atoms with Crippen LogP contribution in [0.5, 0.6) is 0 Å². The van der Waals surface area contributed by atoms with Crippen LogP contribution in [-0.4, -0.2) is 28.1 Å². The Labute approximate surface area is 180 Å². The summed E-state index contributed by atoms with van der Waals surface area (Å²) in [6.07, 6.45) is 5.41. The van der Waals surface area contributed by atoms with Crippen molar-refractivity contribution in [1.29, 1.82) is 0 Å². The molecule has 154 valence electrons. The Balaban J connectivity index is 1.46. The second kappa shape index (κ2) is 6.18. The monoisotopic (exact) mass is 447 g/mol. The number of allylic oxidation sites excluding steroid dienone is 2. The molecule has 5 nitrogen and oxygen atoms in total. The van der Waals surface area contributed by atoms with Crippen LogP contribution in [0.25, 0.3) is 16.7 Å². The molecule has 3 aliphatic rings. The highest BCUT2D eigenvalue weighted by Gasteiger charge is 2.40. The smallest absolute Gasteiger partial charge is 0.207 e. The Bertz CT molecular complexity index is 1550. The van der Waals surface area contributed by atoms with Crippen molar-refractivity contribution in [2.45, 2.75) is 26.0 Å². The number of hydrogen-bond acceptors (Lipinski definition) is 5. The number of para-hydroxylation sites is 1. The molecule has 1 N–H and O–H groups in total. The third kappa shape index (κ3) is 2.53. The SMILES string of the molecule is O=S1(=O)c2ccccc2-c2ccc(C3=CC4C(C=C3)Nc3ccccc3S4(=O)=O)cc21. The zero-order valence-corrected chi connectivity index (χ0v) is 17.8. The van der Waals surface area contributed by atoms with E-state index in [1.165, 1.54) is 0 Å². The second-order valence-electron chi connectivity index (χ2n) is 7.87. The van der Waals surface area contributed by atoms with Gasteiger partial charge in [-0.25, -0.2) is 16.8 Å². The van der Waals surface area contributed by atoms with Crippen LogP contribution in [0.2, 0.25) is 0 Å². The lowest BCUT2D eigenvalue weighted by atomic mass is 9.94. The van der Waals surface area contributed by atoms with Crippen molar-refractivity contribution < 1.29 is 16.8 Å². The topological polar surface area (TPSA) is 80.3 Å². The average Bonchev–Trinajstić information content (AvgIpc) is 3.01. The summed E-state index contributed by atoms with van der Waals surface area (Å²) < 4.78 is 52.6. The van der Waals surface area contributed by atoms with E-state index in [0.29, 0.717) is 32.8 Å². The minimum Gasteiger partial charge on any atom is -0.376 e. The molecule has 2 unspecified atom stereocenters. The number of benzene rings is 3. The lowest BCUT2D eigenvalue weighted by Crippen LogP contribution is -2.42. The summed E-state index contributed by atoms with van der Waals surface area (Å²) in [6.45, 7) is 0. The van der Waals surface area contributed by atoms with Gasteiger partial charge in [0.05, 0.1) is 26.4 Å². The van der Waals surface area contributed by atoms with Crippen molar-refractivity contribution in [3.8, 4) is 11.1 Å². The predicted molar refractivity (Wildman–Crippen MR) is 119 cm³/mol. The molecule has 0 saturated carbocycles. The summed E-state index contributed by atoms with van der Waals surface area (Å²) in [5.74, 6) is 0. The fraction of sp³-hybridized carbons (Fsp3) is 0.0833. The van der Waals surface area contributed by atoms with E-state index in [2.05, 4.69) is 5.32 Å². The lowest BCUT2D eigenvalue weighted by Gasteiger charge is -2.33. The van der Waals surface area contributed by atoms with Gasteiger partial charge in [0.2, 0.25) is 9.84 Å².